The average molecular weight is 171 g/mol. The summed E-state index contributed by atoms with van der Waals surface area (Å²) >= 11 is 0. The van der Waals surface area contributed by atoms with E-state index in [1.54, 1.807) is 0 Å². The smallest absolute Gasteiger partial charge is 0.0102 e. The zero-order valence-corrected chi connectivity index (χ0v) is 8.29. The van der Waals surface area contributed by atoms with Gasteiger partial charge in [0.1, 0.15) is 0 Å². The molecule has 0 amide bonds. The van der Waals surface area contributed by atoms with Crippen molar-refractivity contribution < 1.29 is 0 Å². The Morgan fingerprint density at radius 2 is 2.33 bits per heavy atom. The third kappa shape index (κ3) is 3.09. The average Bonchev–Trinajstić information content (AvgIpc) is 2.36. The van der Waals surface area contributed by atoms with Gasteiger partial charge in [0.2, 0.25) is 0 Å². The molecule has 0 saturated carbocycles. The van der Waals surface area contributed by atoms with Gasteiger partial charge in [0.05, 0.1) is 0 Å². The van der Waals surface area contributed by atoms with E-state index in [1.807, 2.05) is 0 Å². The van der Waals surface area contributed by atoms with Gasteiger partial charge in [0, 0.05) is 26.2 Å². The summed E-state index contributed by atoms with van der Waals surface area (Å²) in [5, 5.41) is 0. The van der Waals surface area contributed by atoms with Crippen LogP contribution in [-0.2, 0) is 0 Å². The molecule has 0 radical (unpaired) electrons. The molecule has 0 aromatic carbocycles. The van der Waals surface area contributed by atoms with Crippen LogP contribution in [0.4, 0.5) is 0 Å². The molecule has 1 rings (SSSR count). The van der Waals surface area contributed by atoms with Crippen molar-refractivity contribution >= 4 is 0 Å². The highest BCUT2D eigenvalue weighted by Crippen LogP contribution is 2.14. The molecule has 72 valence electrons. The Bertz CT molecular complexity index is 127. The van der Waals surface area contributed by atoms with Gasteiger partial charge >= 0.3 is 0 Å². The number of nitrogens with two attached hydrogens (primary N) is 1. The fraction of sp³-hybridized carbons (Fsp3) is 1.00. The van der Waals surface area contributed by atoms with Crippen LogP contribution in [0, 0.1) is 5.92 Å². The number of nitrogens with zero attached hydrogens (tertiary/aromatic N) is 2. The van der Waals surface area contributed by atoms with Crippen molar-refractivity contribution in [3.63, 3.8) is 0 Å². The number of likely N-dealkylation sites (tertiary alicyclic amines) is 1. The van der Waals surface area contributed by atoms with Crippen LogP contribution in [-0.4, -0.2) is 56.6 Å². The minimum atomic E-state index is 0.777. The molecular formula is C9H21N3. The normalized spacial score (nSPS) is 25.5. The summed E-state index contributed by atoms with van der Waals surface area (Å²) in [4.78, 5) is 4.74. The Morgan fingerprint density at radius 1 is 1.58 bits per heavy atom. The number of hydrogen-bond donors (Lipinski definition) is 1. The van der Waals surface area contributed by atoms with Gasteiger partial charge in [0.25, 0.3) is 0 Å². The molecule has 1 aliphatic heterocycles. The molecule has 1 atom stereocenters. The SMILES string of the molecule is CN(CCN)C[C@H]1CCN(C)C1. The van der Waals surface area contributed by atoms with Crippen LogP contribution in [0.2, 0.25) is 0 Å². The monoisotopic (exact) mass is 171 g/mol. The van der Waals surface area contributed by atoms with Gasteiger partial charge in [0.15, 0.2) is 0 Å². The van der Waals surface area contributed by atoms with E-state index in [-0.39, 0.29) is 0 Å². The quantitative estimate of drug-likeness (QED) is 0.637. The minimum Gasteiger partial charge on any atom is -0.329 e. The predicted molar refractivity (Wildman–Crippen MR) is 52.2 cm³/mol. The first kappa shape index (κ1) is 9.96. The van der Waals surface area contributed by atoms with Crippen molar-refractivity contribution in [3.8, 4) is 0 Å². The van der Waals surface area contributed by atoms with E-state index < -0.39 is 0 Å². The summed E-state index contributed by atoms with van der Waals surface area (Å²) < 4.78 is 0. The lowest BCUT2D eigenvalue weighted by atomic mass is 10.1. The van der Waals surface area contributed by atoms with E-state index in [0.717, 1.165) is 19.0 Å². The van der Waals surface area contributed by atoms with Crippen molar-refractivity contribution in [2.45, 2.75) is 6.42 Å². The molecule has 3 nitrogen and oxygen atoms in total. The van der Waals surface area contributed by atoms with Crippen molar-refractivity contribution in [2.75, 3.05) is 46.8 Å². The molecule has 1 heterocycles. The highest BCUT2D eigenvalue weighted by molar-refractivity contribution is 4.75. The van der Waals surface area contributed by atoms with E-state index in [2.05, 4.69) is 23.9 Å². The number of likely N-dealkylation sites (N-methyl/N-ethyl adjacent to an activating group) is 1. The third-order valence-corrected chi connectivity index (χ3v) is 2.57. The maximum absolute atomic E-state index is 5.48. The van der Waals surface area contributed by atoms with Gasteiger partial charge in [-0.15, -0.1) is 0 Å². The van der Waals surface area contributed by atoms with E-state index >= 15 is 0 Å². The molecule has 1 fully saturated rings. The lowest BCUT2D eigenvalue weighted by Gasteiger charge is -2.19. The first-order valence-corrected chi connectivity index (χ1v) is 4.79. The fourth-order valence-corrected chi connectivity index (χ4v) is 1.93. The van der Waals surface area contributed by atoms with Crippen molar-refractivity contribution in [1.29, 1.82) is 0 Å². The summed E-state index contributed by atoms with van der Waals surface area (Å²) in [6, 6.07) is 0. The first-order chi connectivity index (χ1) is 5.72. The van der Waals surface area contributed by atoms with E-state index in [0.29, 0.717) is 0 Å². The molecule has 12 heavy (non-hydrogen) atoms. The van der Waals surface area contributed by atoms with Gasteiger partial charge in [-0.1, -0.05) is 0 Å². The van der Waals surface area contributed by atoms with Crippen LogP contribution in [0.5, 0.6) is 0 Å². The van der Waals surface area contributed by atoms with Crippen LogP contribution >= 0.6 is 0 Å². The third-order valence-electron chi connectivity index (χ3n) is 2.57. The lowest BCUT2D eigenvalue weighted by Crippen LogP contribution is -2.31. The Hall–Kier alpha value is -0.120. The second-order valence-electron chi connectivity index (χ2n) is 3.97. The van der Waals surface area contributed by atoms with Crippen molar-refractivity contribution in [1.82, 2.24) is 9.80 Å². The Morgan fingerprint density at radius 3 is 2.83 bits per heavy atom. The Kier molecular flexibility index (Phi) is 3.98. The molecular weight excluding hydrogens is 150 g/mol. The first-order valence-electron chi connectivity index (χ1n) is 4.79. The highest BCUT2D eigenvalue weighted by Gasteiger charge is 2.20. The molecule has 1 aliphatic rings. The van der Waals surface area contributed by atoms with Gasteiger partial charge < -0.3 is 15.5 Å². The van der Waals surface area contributed by atoms with Crippen LogP contribution < -0.4 is 5.73 Å². The Balaban J connectivity index is 2.14. The zero-order chi connectivity index (χ0) is 8.97. The molecule has 0 aliphatic carbocycles. The summed E-state index contributed by atoms with van der Waals surface area (Å²) in [5.41, 5.74) is 5.48. The summed E-state index contributed by atoms with van der Waals surface area (Å²) in [6.45, 7) is 5.54. The molecule has 2 N–H and O–H groups in total. The van der Waals surface area contributed by atoms with Crippen LogP contribution in [0.3, 0.4) is 0 Å². The number of hydrogen-bond acceptors (Lipinski definition) is 3. The molecule has 1 saturated heterocycles. The highest BCUT2D eigenvalue weighted by atomic mass is 15.1. The number of rotatable bonds is 4. The predicted octanol–water partition coefficient (Wildman–Crippen LogP) is -0.171. The summed E-state index contributed by atoms with van der Waals surface area (Å²) in [6.07, 6.45) is 1.35. The van der Waals surface area contributed by atoms with Gasteiger partial charge in [-0.25, -0.2) is 0 Å². The molecule has 0 aromatic rings. The topological polar surface area (TPSA) is 32.5 Å². The molecule has 0 unspecified atom stereocenters. The minimum absolute atomic E-state index is 0.777. The summed E-state index contributed by atoms with van der Waals surface area (Å²) in [5.74, 6) is 0.867. The fourth-order valence-electron chi connectivity index (χ4n) is 1.93. The van der Waals surface area contributed by atoms with Gasteiger partial charge in [-0.3, -0.25) is 0 Å². The zero-order valence-electron chi connectivity index (χ0n) is 8.29. The van der Waals surface area contributed by atoms with Crippen LogP contribution in [0.15, 0.2) is 0 Å². The second-order valence-corrected chi connectivity index (χ2v) is 3.97. The maximum Gasteiger partial charge on any atom is 0.0102 e. The van der Waals surface area contributed by atoms with E-state index in [1.165, 1.54) is 26.1 Å². The maximum atomic E-state index is 5.48. The van der Waals surface area contributed by atoms with Crippen LogP contribution in [0.1, 0.15) is 6.42 Å². The molecule has 0 bridgehead atoms. The van der Waals surface area contributed by atoms with Crippen LogP contribution in [0.25, 0.3) is 0 Å². The van der Waals surface area contributed by atoms with Gasteiger partial charge in [-0.05, 0) is 33.0 Å². The lowest BCUT2D eigenvalue weighted by molar-refractivity contribution is 0.279. The van der Waals surface area contributed by atoms with E-state index in [4.69, 9.17) is 5.73 Å². The second kappa shape index (κ2) is 4.80. The summed E-state index contributed by atoms with van der Waals surface area (Å²) in [7, 11) is 4.36. The molecule has 0 spiro atoms. The standard InChI is InChI=1S/C9H21N3/c1-11-5-3-9(7-11)8-12(2)6-4-10/h9H,3-8,10H2,1-2H3/t9-/m0/s1. The molecule has 0 aromatic heterocycles. The largest absolute Gasteiger partial charge is 0.329 e. The molecule has 3 heteroatoms. The Labute approximate surface area is 75.5 Å². The van der Waals surface area contributed by atoms with Crippen molar-refractivity contribution in [3.05, 3.63) is 0 Å². The van der Waals surface area contributed by atoms with E-state index in [9.17, 15) is 0 Å². The van der Waals surface area contributed by atoms with Crippen molar-refractivity contribution in [2.24, 2.45) is 11.7 Å². The van der Waals surface area contributed by atoms with Gasteiger partial charge in [-0.2, -0.15) is 0 Å².